The van der Waals surface area contributed by atoms with Gasteiger partial charge in [0.15, 0.2) is 0 Å². The van der Waals surface area contributed by atoms with Crippen molar-refractivity contribution in [1.29, 1.82) is 0 Å². The predicted octanol–water partition coefficient (Wildman–Crippen LogP) is 2.53. The van der Waals surface area contributed by atoms with Crippen LogP contribution in [0, 0.1) is 10.8 Å². The molecule has 0 unspecified atom stereocenters. The largest absolute Gasteiger partial charge is 0.235 e. The molecule has 4 saturated carbocycles. The Morgan fingerprint density at radius 3 is 1.44 bits per heavy atom. The molecule has 0 aromatic carbocycles. The number of hydrogen-bond acceptors (Lipinski definition) is 4. The van der Waals surface area contributed by atoms with Crippen LogP contribution in [0.4, 0.5) is 0 Å². The van der Waals surface area contributed by atoms with Gasteiger partial charge in [0.2, 0.25) is 12.2 Å². The van der Waals surface area contributed by atoms with Gasteiger partial charge in [0, 0.05) is 0 Å². The summed E-state index contributed by atoms with van der Waals surface area (Å²) < 4.78 is 0. The van der Waals surface area contributed by atoms with E-state index in [0.717, 1.165) is 38.5 Å². The van der Waals surface area contributed by atoms with Crippen molar-refractivity contribution < 1.29 is 9.59 Å². The molecule has 4 fully saturated rings. The maximum Gasteiger partial charge on any atom is 0.235 e. The van der Waals surface area contributed by atoms with Crippen LogP contribution in [-0.2, 0) is 9.59 Å². The second kappa shape index (κ2) is 3.20. The van der Waals surface area contributed by atoms with Gasteiger partial charge in [0.25, 0.3) is 0 Å². The van der Waals surface area contributed by atoms with Gasteiger partial charge in [0.05, 0.1) is 11.1 Å². The average Bonchev–Trinajstić information content (AvgIpc) is 2.09. The van der Waals surface area contributed by atoms with Crippen LogP contribution in [0.3, 0.4) is 0 Å². The van der Waals surface area contributed by atoms with Crippen molar-refractivity contribution >= 4 is 12.2 Å². The molecule has 4 heteroatoms. The topological polar surface area (TPSA) is 58.9 Å². The summed E-state index contributed by atoms with van der Waals surface area (Å²) in [5, 5.41) is 0. The van der Waals surface area contributed by atoms with E-state index in [2.05, 4.69) is 23.8 Å². The van der Waals surface area contributed by atoms with Crippen LogP contribution in [0.5, 0.6) is 0 Å². The smallest absolute Gasteiger partial charge is 0.211 e. The fourth-order valence-electron chi connectivity index (χ4n) is 6.00. The summed E-state index contributed by atoms with van der Waals surface area (Å²) in [6, 6.07) is 0. The fourth-order valence-corrected chi connectivity index (χ4v) is 6.00. The van der Waals surface area contributed by atoms with Crippen LogP contribution in [0.1, 0.15) is 52.4 Å². The molecule has 0 atom stereocenters. The summed E-state index contributed by atoms with van der Waals surface area (Å²) in [5.74, 6) is 0. The number of hydrogen-bond donors (Lipinski definition) is 0. The molecule has 4 rings (SSSR count). The lowest BCUT2D eigenvalue weighted by atomic mass is 9.40. The SMILES string of the molecule is CC12CC3(C)CC(N=C=O)(C1)CC(N=C=O)(C2)C3. The Balaban J connectivity index is 2.14. The van der Waals surface area contributed by atoms with E-state index in [1.54, 1.807) is 12.2 Å². The van der Waals surface area contributed by atoms with Crippen molar-refractivity contribution in [2.24, 2.45) is 20.8 Å². The first-order valence-corrected chi connectivity index (χ1v) is 6.55. The van der Waals surface area contributed by atoms with Crippen molar-refractivity contribution in [3.63, 3.8) is 0 Å². The molecule has 18 heavy (non-hydrogen) atoms. The Labute approximate surface area is 107 Å². The van der Waals surface area contributed by atoms with E-state index in [4.69, 9.17) is 0 Å². The van der Waals surface area contributed by atoms with Crippen LogP contribution < -0.4 is 0 Å². The van der Waals surface area contributed by atoms with Crippen molar-refractivity contribution in [3.05, 3.63) is 0 Å². The lowest BCUT2D eigenvalue weighted by Crippen LogP contribution is -2.64. The highest BCUT2D eigenvalue weighted by atomic mass is 16.1. The molecule has 0 aliphatic heterocycles. The number of aliphatic imine (C=N–C) groups is 2. The minimum absolute atomic E-state index is 0.143. The van der Waals surface area contributed by atoms with Crippen molar-refractivity contribution in [1.82, 2.24) is 0 Å². The predicted molar refractivity (Wildman–Crippen MR) is 65.6 cm³/mol. The fraction of sp³-hybridized carbons (Fsp3) is 0.857. The average molecular weight is 246 g/mol. The first kappa shape index (κ1) is 11.8. The zero-order valence-corrected chi connectivity index (χ0v) is 11.0. The summed E-state index contributed by atoms with van der Waals surface area (Å²) in [6.45, 7) is 4.49. The van der Waals surface area contributed by atoms with E-state index >= 15 is 0 Å². The zero-order valence-electron chi connectivity index (χ0n) is 11.0. The molecular weight excluding hydrogens is 228 g/mol. The maximum absolute atomic E-state index is 10.8. The third-order valence-electron chi connectivity index (χ3n) is 5.10. The molecule has 0 aromatic heterocycles. The molecule has 96 valence electrons. The van der Waals surface area contributed by atoms with Crippen LogP contribution in [0.2, 0.25) is 0 Å². The highest BCUT2D eigenvalue weighted by Crippen LogP contribution is 2.69. The molecule has 0 heterocycles. The lowest BCUT2D eigenvalue weighted by molar-refractivity contribution is -0.114. The van der Waals surface area contributed by atoms with E-state index in [1.165, 1.54) is 0 Å². The van der Waals surface area contributed by atoms with Gasteiger partial charge in [-0.3, -0.25) is 0 Å². The molecule has 4 bridgehead atoms. The summed E-state index contributed by atoms with van der Waals surface area (Å²) >= 11 is 0. The summed E-state index contributed by atoms with van der Waals surface area (Å²) in [4.78, 5) is 29.8. The number of rotatable bonds is 2. The van der Waals surface area contributed by atoms with Gasteiger partial charge in [-0.2, -0.15) is 9.98 Å². The molecular formula is C14H18N2O2. The summed E-state index contributed by atoms with van der Waals surface area (Å²) in [5.41, 5.74) is -0.380. The normalized spacial score (nSPS) is 52.6. The number of carbonyl (C=O) groups excluding carboxylic acids is 2. The minimum Gasteiger partial charge on any atom is -0.211 e. The number of nitrogens with zero attached hydrogens (tertiary/aromatic N) is 2. The van der Waals surface area contributed by atoms with Gasteiger partial charge in [-0.05, 0) is 49.4 Å². The maximum atomic E-state index is 10.8. The van der Waals surface area contributed by atoms with Gasteiger partial charge in [-0.15, -0.1) is 0 Å². The third-order valence-corrected chi connectivity index (χ3v) is 5.10. The van der Waals surface area contributed by atoms with Gasteiger partial charge >= 0.3 is 0 Å². The van der Waals surface area contributed by atoms with Gasteiger partial charge in [-0.1, -0.05) is 13.8 Å². The quantitative estimate of drug-likeness (QED) is 0.555. The lowest BCUT2D eigenvalue weighted by Gasteiger charge is -2.66. The van der Waals surface area contributed by atoms with Crippen LogP contribution in [-0.4, -0.2) is 23.2 Å². The molecule has 4 aliphatic rings. The number of isocyanates is 2. The monoisotopic (exact) mass is 246 g/mol. The van der Waals surface area contributed by atoms with Gasteiger partial charge < -0.3 is 0 Å². The van der Waals surface area contributed by atoms with E-state index in [-0.39, 0.29) is 21.9 Å². The van der Waals surface area contributed by atoms with Gasteiger partial charge in [0.1, 0.15) is 0 Å². The first-order chi connectivity index (χ1) is 8.36. The molecule has 0 aromatic rings. The van der Waals surface area contributed by atoms with Crippen molar-refractivity contribution in [3.8, 4) is 0 Å². The molecule has 0 radical (unpaired) electrons. The van der Waals surface area contributed by atoms with E-state index < -0.39 is 0 Å². The van der Waals surface area contributed by atoms with Crippen molar-refractivity contribution in [2.45, 2.75) is 63.5 Å². The van der Waals surface area contributed by atoms with E-state index in [1.807, 2.05) is 0 Å². The Morgan fingerprint density at radius 1 is 0.722 bits per heavy atom. The van der Waals surface area contributed by atoms with Gasteiger partial charge in [-0.25, -0.2) is 9.59 Å². The van der Waals surface area contributed by atoms with Crippen LogP contribution in [0.25, 0.3) is 0 Å². The van der Waals surface area contributed by atoms with Crippen molar-refractivity contribution in [2.75, 3.05) is 0 Å². The molecule has 0 spiro atoms. The van der Waals surface area contributed by atoms with Crippen LogP contribution >= 0.6 is 0 Å². The molecule has 4 nitrogen and oxygen atoms in total. The molecule has 0 saturated heterocycles. The highest BCUT2D eigenvalue weighted by molar-refractivity contribution is 5.40. The molecule has 0 amide bonds. The highest BCUT2D eigenvalue weighted by Gasteiger charge is 2.66. The first-order valence-electron chi connectivity index (χ1n) is 6.55. The summed E-state index contributed by atoms with van der Waals surface area (Å²) in [7, 11) is 0. The van der Waals surface area contributed by atoms with Crippen LogP contribution in [0.15, 0.2) is 9.98 Å². The standard InChI is InChI=1S/C14H18N2O2/c1-11-3-12(2)6-13(4-11,15-9-17)8-14(5-11,7-12)16-10-18/h3-8H2,1-2H3. The Kier molecular flexibility index (Phi) is 2.10. The Bertz CT molecular complexity index is 442. The Hall–Kier alpha value is -1.24. The zero-order chi connectivity index (χ0) is 13.1. The summed E-state index contributed by atoms with van der Waals surface area (Å²) in [6.07, 6.45) is 9.10. The van der Waals surface area contributed by atoms with E-state index in [9.17, 15) is 9.59 Å². The second-order valence-corrected chi connectivity index (χ2v) is 7.54. The third kappa shape index (κ3) is 1.53. The van der Waals surface area contributed by atoms with E-state index in [0.29, 0.717) is 0 Å². The minimum atomic E-state index is -0.333. The molecule has 4 aliphatic carbocycles. The Morgan fingerprint density at radius 2 is 1.11 bits per heavy atom. The molecule has 0 N–H and O–H groups in total. The second-order valence-electron chi connectivity index (χ2n) is 7.54.